The number of nitrogens with zero attached hydrogens (tertiary/aromatic N) is 2. The molecule has 416 valence electrons. The fourth-order valence-corrected chi connectivity index (χ4v) is 14.9. The minimum absolute atomic E-state index is 0.00302. The third kappa shape index (κ3) is 8.08. The lowest BCUT2D eigenvalue weighted by atomic mass is 9.69. The van der Waals surface area contributed by atoms with E-state index in [-0.39, 0.29) is 10.8 Å². The maximum Gasteiger partial charge on any atom is 0.145 e. The molecule has 12 aromatic carbocycles. The number of aryl methyl sites for hydroxylation is 1. The first-order valence-corrected chi connectivity index (χ1v) is 30.9. The standard InChI is InChI=1S/C83H68N2O/c1-81(2,3)59-35-43-62(44-36-59)84(61-39-29-55(30-40-61)53-19-9-7-10-20-53)65-47-48-68-72(51-65)83(70-49-33-57-23-13-15-25-66(57)76(70)77-67-26-16-14-24-58(67)34-50-71(77)83)73-52-74(79-69-27-17-18-28-75(69)86-80(79)78(68)73)85(64-45-37-60(38-46-64)82(4,5)6)63-41-31-56(32-42-63)54-21-11-8-12-22-54/h7-13,15,17-23,25,27-52H,14,16,24,26H2,1-6H3. The van der Waals surface area contributed by atoms with Gasteiger partial charge in [0.1, 0.15) is 11.2 Å². The predicted octanol–water partition coefficient (Wildman–Crippen LogP) is 22.8. The summed E-state index contributed by atoms with van der Waals surface area (Å²) < 4.78 is 7.56. The first-order chi connectivity index (χ1) is 41.9. The number of rotatable bonds is 8. The molecular formula is C83H68N2O. The molecule has 0 aliphatic heterocycles. The first-order valence-electron chi connectivity index (χ1n) is 30.9. The molecular weight excluding hydrogens is 1040 g/mol. The molecule has 0 radical (unpaired) electrons. The number of hydrogen-bond donors (Lipinski definition) is 0. The first kappa shape index (κ1) is 51.9. The normalized spacial score (nSPS) is 15.0. The van der Waals surface area contributed by atoms with Crippen LogP contribution in [0.1, 0.15) is 98.9 Å². The number of fused-ring (bicyclic) bond motifs is 18. The van der Waals surface area contributed by atoms with Gasteiger partial charge in [-0.3, -0.25) is 0 Å². The summed E-state index contributed by atoms with van der Waals surface area (Å²) in [6, 6.07) is 96.1. The van der Waals surface area contributed by atoms with Crippen LogP contribution < -0.4 is 9.80 Å². The van der Waals surface area contributed by atoms with Crippen LogP contribution in [0.15, 0.2) is 259 Å². The molecule has 3 nitrogen and oxygen atoms in total. The van der Waals surface area contributed by atoms with Crippen molar-refractivity contribution in [3.05, 3.63) is 299 Å². The average Bonchev–Trinajstić information content (AvgIpc) is 1.49. The van der Waals surface area contributed by atoms with E-state index >= 15 is 0 Å². The molecule has 1 atom stereocenters. The van der Waals surface area contributed by atoms with Crippen LogP contribution in [0.25, 0.3) is 77.2 Å². The van der Waals surface area contributed by atoms with Crippen LogP contribution in [0.2, 0.25) is 0 Å². The van der Waals surface area contributed by atoms with Gasteiger partial charge in [0.15, 0.2) is 0 Å². The molecule has 0 fully saturated rings. The van der Waals surface area contributed by atoms with Crippen molar-refractivity contribution in [3.8, 4) is 44.5 Å². The zero-order chi connectivity index (χ0) is 58.1. The van der Waals surface area contributed by atoms with Crippen LogP contribution in [0, 0.1) is 0 Å². The van der Waals surface area contributed by atoms with Crippen molar-refractivity contribution in [1.29, 1.82) is 0 Å². The topological polar surface area (TPSA) is 19.6 Å². The summed E-state index contributed by atoms with van der Waals surface area (Å²) in [5.41, 5.74) is 28.2. The number of hydrogen-bond acceptors (Lipinski definition) is 3. The summed E-state index contributed by atoms with van der Waals surface area (Å²) in [6.45, 7) is 13.8. The largest absolute Gasteiger partial charge is 0.455 e. The van der Waals surface area contributed by atoms with E-state index in [2.05, 4.69) is 306 Å². The Morgan fingerprint density at radius 3 is 1.49 bits per heavy atom. The number of anilines is 6. The second-order valence-electron chi connectivity index (χ2n) is 26.2. The minimum atomic E-state index is -0.762. The van der Waals surface area contributed by atoms with E-state index in [1.54, 1.807) is 0 Å². The van der Waals surface area contributed by atoms with Crippen molar-refractivity contribution in [2.24, 2.45) is 0 Å². The van der Waals surface area contributed by atoms with Gasteiger partial charge in [-0.2, -0.15) is 0 Å². The molecule has 1 unspecified atom stereocenters. The van der Waals surface area contributed by atoms with Crippen molar-refractivity contribution in [2.45, 2.75) is 83.5 Å². The van der Waals surface area contributed by atoms with Crippen LogP contribution in [0.5, 0.6) is 0 Å². The van der Waals surface area contributed by atoms with Gasteiger partial charge < -0.3 is 14.2 Å². The second kappa shape index (κ2) is 19.7. The molecule has 86 heavy (non-hydrogen) atoms. The van der Waals surface area contributed by atoms with Crippen molar-refractivity contribution < 1.29 is 4.42 Å². The summed E-state index contributed by atoms with van der Waals surface area (Å²) in [4.78, 5) is 4.99. The molecule has 16 rings (SSSR count). The van der Waals surface area contributed by atoms with Gasteiger partial charge in [0.05, 0.1) is 16.5 Å². The molecule has 0 bridgehead atoms. The maximum atomic E-state index is 7.56. The molecule has 3 aliphatic carbocycles. The lowest BCUT2D eigenvalue weighted by molar-refractivity contribution is 0.590. The fraction of sp³-hybridized carbons (Fsp3) is 0.157. The quantitative estimate of drug-likeness (QED) is 0.151. The molecule has 1 spiro atoms. The monoisotopic (exact) mass is 1110 g/mol. The van der Waals surface area contributed by atoms with Crippen LogP contribution >= 0.6 is 0 Å². The van der Waals surface area contributed by atoms with Crippen molar-refractivity contribution in [2.75, 3.05) is 9.80 Å². The van der Waals surface area contributed by atoms with Gasteiger partial charge in [-0.05, 0) is 204 Å². The Kier molecular flexibility index (Phi) is 11.9. The summed E-state index contributed by atoms with van der Waals surface area (Å²) in [6.07, 6.45) is 4.53. The van der Waals surface area contributed by atoms with E-state index in [1.165, 1.54) is 107 Å². The molecule has 0 N–H and O–H groups in total. The molecule has 13 aromatic rings. The molecule has 0 saturated carbocycles. The van der Waals surface area contributed by atoms with E-state index in [0.717, 1.165) is 74.5 Å². The summed E-state index contributed by atoms with van der Waals surface area (Å²) >= 11 is 0. The van der Waals surface area contributed by atoms with E-state index in [9.17, 15) is 0 Å². The van der Waals surface area contributed by atoms with Gasteiger partial charge in [-0.15, -0.1) is 0 Å². The van der Waals surface area contributed by atoms with Gasteiger partial charge in [0.25, 0.3) is 0 Å². The smallest absolute Gasteiger partial charge is 0.145 e. The Morgan fingerprint density at radius 2 is 0.872 bits per heavy atom. The van der Waals surface area contributed by atoms with Crippen LogP contribution in [-0.2, 0) is 29.1 Å². The van der Waals surface area contributed by atoms with Crippen LogP contribution in [0.4, 0.5) is 34.1 Å². The van der Waals surface area contributed by atoms with Gasteiger partial charge in [0, 0.05) is 39.4 Å². The van der Waals surface area contributed by atoms with E-state index in [4.69, 9.17) is 4.42 Å². The SMILES string of the molecule is CC(C)(C)c1ccc(N(c2ccc(-c3ccccc3)cc2)c2ccc3c(c2)C2(c4ccc5c(c4-c4c2ccc2ccccc42)CCCC5)c2cc(N(c4ccc(-c5ccccc5)cc4)c4ccc(C(C)(C)C)cc4)c4c(oc5ccccc54)c2-3)cc1. The number of para-hydroxylation sites is 1. The van der Waals surface area contributed by atoms with Gasteiger partial charge >= 0.3 is 0 Å². The van der Waals surface area contributed by atoms with Gasteiger partial charge in [-0.25, -0.2) is 0 Å². The number of benzene rings is 12. The van der Waals surface area contributed by atoms with E-state index in [0.29, 0.717) is 0 Å². The molecule has 0 amide bonds. The van der Waals surface area contributed by atoms with Crippen molar-refractivity contribution in [3.63, 3.8) is 0 Å². The van der Waals surface area contributed by atoms with E-state index < -0.39 is 5.41 Å². The molecule has 3 heteroatoms. The summed E-state index contributed by atoms with van der Waals surface area (Å²) in [5, 5.41) is 4.75. The van der Waals surface area contributed by atoms with Gasteiger partial charge in [-0.1, -0.05) is 224 Å². The summed E-state index contributed by atoms with van der Waals surface area (Å²) in [5.74, 6) is 0. The third-order valence-corrected chi connectivity index (χ3v) is 19.2. The Labute approximate surface area is 505 Å². The molecule has 1 aromatic heterocycles. The Bertz CT molecular complexity index is 4790. The highest BCUT2D eigenvalue weighted by Crippen LogP contribution is 2.68. The third-order valence-electron chi connectivity index (χ3n) is 19.2. The molecule has 3 aliphatic rings. The molecule has 0 saturated heterocycles. The summed E-state index contributed by atoms with van der Waals surface area (Å²) in [7, 11) is 0. The van der Waals surface area contributed by atoms with Gasteiger partial charge in [0.2, 0.25) is 0 Å². The zero-order valence-corrected chi connectivity index (χ0v) is 49.9. The van der Waals surface area contributed by atoms with Crippen LogP contribution in [-0.4, -0.2) is 0 Å². The zero-order valence-electron chi connectivity index (χ0n) is 49.9. The highest BCUT2D eigenvalue weighted by Gasteiger charge is 2.55. The lowest BCUT2D eigenvalue weighted by Crippen LogP contribution is -2.27. The Morgan fingerprint density at radius 1 is 0.372 bits per heavy atom. The number of furan rings is 1. The Hall–Kier alpha value is -9.70. The highest BCUT2D eigenvalue weighted by molar-refractivity contribution is 6.20. The van der Waals surface area contributed by atoms with Crippen molar-refractivity contribution in [1.82, 2.24) is 0 Å². The van der Waals surface area contributed by atoms with Crippen LogP contribution in [0.3, 0.4) is 0 Å². The Balaban J connectivity index is 1.02. The van der Waals surface area contributed by atoms with E-state index in [1.807, 2.05) is 0 Å². The highest BCUT2D eigenvalue weighted by atomic mass is 16.3. The fourth-order valence-electron chi connectivity index (χ4n) is 14.9. The predicted molar refractivity (Wildman–Crippen MR) is 362 cm³/mol. The average molecular weight is 1110 g/mol. The van der Waals surface area contributed by atoms with Crippen molar-refractivity contribution >= 4 is 66.8 Å². The molecule has 1 heterocycles. The minimum Gasteiger partial charge on any atom is -0.455 e. The lowest BCUT2D eigenvalue weighted by Gasteiger charge is -2.34. The maximum absolute atomic E-state index is 7.56. The second-order valence-corrected chi connectivity index (χ2v) is 26.2.